The number of carbonyl (C=O) groups excluding carboxylic acids is 19. The first-order chi connectivity index (χ1) is 59.3. The van der Waals surface area contributed by atoms with Crippen LogP contribution >= 0.6 is 0 Å². The standard InChI is InChI=1S/C21H25NO11.C21H31NO10.C21H25NO10.C19H23NO9/c1-10(23)29-9-16-18(30-11(2)24)19(31-12(3)25)17(21(33-16)32-13(4)26)22-20(28)14-7-5-6-8-15(14)27;2*1-11(23)28-10-16-18(29-12(2)24)19(30-13(3)25)17(21(32-16)31-14(4)26)22-20(27)15-8-6-5-7-9-15;1-10(21)26-9-14-16(27-11(2)22)17(28-12(3)23)15(19(25)29-14)20-18(24)13-7-5-4-6-8-13/h5-8,16-19,21,27H,9H2,1-4H3,(H,22,28);15-19,21H,5-10H2,1-4H3,(H,22,27);5-9,16-19,21H,10H2,1-4H3,(H,22,27);4-8,14-17,19,25H,9H2,1-3H3,(H,20,24). The van der Waals surface area contributed by atoms with Crippen LogP contribution in [-0.4, -0.2) is 272 Å². The summed E-state index contributed by atoms with van der Waals surface area (Å²) in [4.78, 5) is 225. The molecule has 0 bridgehead atoms. The Morgan fingerprint density at radius 2 is 0.548 bits per heavy atom. The topological polar surface area (TPSA) is 588 Å². The van der Waals surface area contributed by atoms with E-state index in [9.17, 15) is 101 Å². The molecule has 5 aliphatic rings. The van der Waals surface area contributed by atoms with Crippen molar-refractivity contribution in [3.05, 3.63) is 102 Å². The third-order valence-electron chi connectivity index (χ3n) is 18.1. The van der Waals surface area contributed by atoms with Crippen LogP contribution in [0.25, 0.3) is 0 Å². The van der Waals surface area contributed by atoms with Gasteiger partial charge in [0.2, 0.25) is 24.8 Å². The number of hydrogen-bond acceptors (Lipinski definition) is 40. The second-order valence-electron chi connectivity index (χ2n) is 28.4. The van der Waals surface area contributed by atoms with Crippen LogP contribution in [0.2, 0.25) is 0 Å². The molecule has 44 nitrogen and oxygen atoms in total. The van der Waals surface area contributed by atoms with Gasteiger partial charge in [-0.2, -0.15) is 0 Å². The zero-order valence-electron chi connectivity index (χ0n) is 71.5. The fourth-order valence-corrected chi connectivity index (χ4v) is 13.2. The highest BCUT2D eigenvalue weighted by molar-refractivity contribution is 5.97. The quantitative estimate of drug-likeness (QED) is 0.0464. The number of amides is 4. The molecule has 4 amide bonds. The predicted molar refractivity (Wildman–Crippen MR) is 416 cm³/mol. The number of phenols is 1. The van der Waals surface area contributed by atoms with Crippen molar-refractivity contribution in [2.75, 3.05) is 26.4 Å². The number of hydrogen-bond donors (Lipinski definition) is 6. The number of rotatable bonds is 27. The number of aliphatic hydroxyl groups is 1. The molecule has 4 saturated heterocycles. The Morgan fingerprint density at radius 3 is 0.841 bits per heavy atom. The van der Waals surface area contributed by atoms with E-state index < -0.39 is 236 Å². The minimum Gasteiger partial charge on any atom is -0.507 e. The molecule has 4 aliphatic heterocycles. The third kappa shape index (κ3) is 34.4. The van der Waals surface area contributed by atoms with Gasteiger partial charge in [-0.15, -0.1) is 0 Å². The SMILES string of the molecule is CC(=O)OCC1OC(O)C(NC(=O)c2ccccc2)C(OC(C)=O)C1OC(C)=O.CC(=O)OCC1OC(OC(C)=O)C(NC(=O)C2CCCCC2)C(OC(C)=O)C1OC(C)=O.CC(=O)OCC1OC(OC(C)=O)C(NC(=O)c2ccccc2)C(OC(C)=O)C1OC(C)=O.CC(=O)OCC1OC(OC(C)=O)C(NC(=O)c2ccccc2O)C(OC(C)=O)C1OC(C)=O. The molecule has 1 saturated carbocycles. The molecule has 6 N–H and O–H groups in total. The van der Waals surface area contributed by atoms with Crippen LogP contribution in [0.1, 0.15) is 167 Å². The van der Waals surface area contributed by atoms with Gasteiger partial charge in [0.15, 0.2) is 55.1 Å². The smallest absolute Gasteiger partial charge is 0.305 e. The normalized spacial score (nSPS) is 25.7. The van der Waals surface area contributed by atoms with Gasteiger partial charge < -0.3 is 121 Å². The Labute approximate surface area is 721 Å². The van der Waals surface area contributed by atoms with Crippen LogP contribution in [0.4, 0.5) is 0 Å². The predicted octanol–water partition coefficient (Wildman–Crippen LogP) is 1.40. The van der Waals surface area contributed by atoms with Crippen LogP contribution in [0.15, 0.2) is 84.9 Å². The first-order valence-electron chi connectivity index (χ1n) is 39.2. The molecule has 4 heterocycles. The summed E-state index contributed by atoms with van der Waals surface area (Å²) < 4.78 is 100. The fourth-order valence-electron chi connectivity index (χ4n) is 13.2. The molecule has 0 aromatic heterocycles. The van der Waals surface area contributed by atoms with E-state index in [0.29, 0.717) is 18.4 Å². The van der Waals surface area contributed by atoms with E-state index in [-0.39, 0.29) is 48.5 Å². The van der Waals surface area contributed by atoms with E-state index in [2.05, 4.69) is 21.3 Å². The van der Waals surface area contributed by atoms with Gasteiger partial charge in [0.25, 0.3) is 17.7 Å². The summed E-state index contributed by atoms with van der Waals surface area (Å²) in [5.41, 5.74) is 0.459. The van der Waals surface area contributed by atoms with E-state index in [0.717, 1.165) is 102 Å². The monoisotopic (exact) mass is 1780 g/mol. The van der Waals surface area contributed by atoms with Crippen molar-refractivity contribution in [3.63, 3.8) is 0 Å². The molecule has 20 atom stereocenters. The van der Waals surface area contributed by atoms with Crippen LogP contribution in [0, 0.1) is 5.92 Å². The van der Waals surface area contributed by atoms with Crippen molar-refractivity contribution >= 4 is 113 Å². The number of para-hydroxylation sites is 1. The number of benzene rings is 3. The minimum atomic E-state index is -1.63. The summed E-state index contributed by atoms with van der Waals surface area (Å²) >= 11 is 0. The highest BCUT2D eigenvalue weighted by Crippen LogP contribution is 2.34. The van der Waals surface area contributed by atoms with E-state index >= 15 is 0 Å². The summed E-state index contributed by atoms with van der Waals surface area (Å²) in [6.45, 7) is 15.5. The summed E-state index contributed by atoms with van der Waals surface area (Å²) in [6, 6.07) is 16.9. The summed E-state index contributed by atoms with van der Waals surface area (Å²) in [5, 5.41) is 30.8. The van der Waals surface area contributed by atoms with Crippen LogP contribution < -0.4 is 21.3 Å². The maximum absolute atomic E-state index is 12.9. The first-order valence-corrected chi connectivity index (χ1v) is 39.2. The number of nitrogens with one attached hydrogen (secondary N) is 4. The van der Waals surface area contributed by atoms with Gasteiger partial charge in [0, 0.05) is 121 Å². The van der Waals surface area contributed by atoms with Crippen LogP contribution in [0.3, 0.4) is 0 Å². The van der Waals surface area contributed by atoms with Crippen molar-refractivity contribution < 1.29 is 191 Å². The average molecular weight is 1790 g/mol. The van der Waals surface area contributed by atoms with Crippen LogP contribution in [0.5, 0.6) is 5.75 Å². The van der Waals surface area contributed by atoms with Crippen molar-refractivity contribution in [3.8, 4) is 5.75 Å². The lowest BCUT2D eigenvalue weighted by Gasteiger charge is -2.44. The van der Waals surface area contributed by atoms with Crippen molar-refractivity contribution in [2.24, 2.45) is 5.92 Å². The Kier molecular flexibility index (Phi) is 41.8. The van der Waals surface area contributed by atoms with Crippen molar-refractivity contribution in [2.45, 2.75) is 259 Å². The average Bonchev–Trinajstić information content (AvgIpc) is 0.777. The Morgan fingerprint density at radius 1 is 0.294 bits per heavy atom. The molecule has 20 unspecified atom stereocenters. The third-order valence-corrected chi connectivity index (χ3v) is 18.1. The number of aliphatic hydroxyl groups excluding tert-OH is 1. The second kappa shape index (κ2) is 50.8. The molecular formula is C82H104N4O40. The molecule has 8 rings (SSSR count). The van der Waals surface area contributed by atoms with Gasteiger partial charge in [-0.05, 0) is 49.2 Å². The van der Waals surface area contributed by atoms with Gasteiger partial charge in [-0.1, -0.05) is 67.8 Å². The molecule has 692 valence electrons. The van der Waals surface area contributed by atoms with Gasteiger partial charge in [-0.25, -0.2) is 0 Å². The van der Waals surface area contributed by atoms with E-state index in [1.807, 2.05) is 0 Å². The van der Waals surface area contributed by atoms with Gasteiger partial charge >= 0.3 is 89.5 Å². The second-order valence-corrected chi connectivity index (χ2v) is 28.4. The molecule has 0 spiro atoms. The van der Waals surface area contributed by atoms with Gasteiger partial charge in [0.05, 0.1) is 5.56 Å². The van der Waals surface area contributed by atoms with Gasteiger partial charge in [0.1, 0.15) is 80.8 Å². The Bertz CT molecular complexity index is 4310. The molecule has 5 fully saturated rings. The molecule has 3 aromatic rings. The number of carbonyl (C=O) groups is 19. The molecule has 44 heteroatoms. The number of esters is 15. The molecule has 0 radical (unpaired) electrons. The maximum atomic E-state index is 12.9. The summed E-state index contributed by atoms with van der Waals surface area (Å²) in [7, 11) is 0. The first kappa shape index (κ1) is 104. The molecular weight excluding hydrogens is 1680 g/mol. The minimum absolute atomic E-state index is 0.119. The fraction of sp³-hybridized carbons (Fsp3) is 0.549. The number of ether oxygens (including phenoxy) is 19. The van der Waals surface area contributed by atoms with E-state index in [1.165, 1.54) is 45.0 Å². The highest BCUT2D eigenvalue weighted by atomic mass is 16.8. The van der Waals surface area contributed by atoms with Gasteiger partial charge in [-0.3, -0.25) is 91.1 Å². The molecule has 126 heavy (non-hydrogen) atoms. The Balaban J connectivity index is 0.000000298. The van der Waals surface area contributed by atoms with Crippen LogP contribution in [-0.2, 0) is 167 Å². The molecule has 3 aromatic carbocycles. The lowest BCUT2D eigenvalue weighted by atomic mass is 9.88. The molecule has 1 aliphatic carbocycles. The highest BCUT2D eigenvalue weighted by Gasteiger charge is 2.57. The van der Waals surface area contributed by atoms with E-state index in [1.54, 1.807) is 60.7 Å². The summed E-state index contributed by atoms with van der Waals surface area (Å²) in [6.07, 6.45) is -16.6. The number of phenolic OH excluding ortho intramolecular Hbond substituents is 1. The van der Waals surface area contributed by atoms with E-state index in [4.69, 9.17) is 90.0 Å². The zero-order chi connectivity index (χ0) is 93.9. The number of aromatic hydroxyl groups is 1. The van der Waals surface area contributed by atoms with Crippen molar-refractivity contribution in [1.29, 1.82) is 0 Å². The van der Waals surface area contributed by atoms with Crippen molar-refractivity contribution in [1.82, 2.24) is 21.3 Å². The maximum Gasteiger partial charge on any atom is 0.305 e. The summed E-state index contributed by atoms with van der Waals surface area (Å²) in [5.74, 6) is -13.5. The lowest BCUT2D eigenvalue weighted by molar-refractivity contribution is -0.271. The zero-order valence-corrected chi connectivity index (χ0v) is 71.5. The largest absolute Gasteiger partial charge is 0.507 e. The Hall–Kier alpha value is -12.8. The lowest BCUT2D eigenvalue weighted by Crippen LogP contribution is -2.67.